The van der Waals surface area contributed by atoms with Crippen LogP contribution < -0.4 is 5.73 Å². The molecule has 1 amide bonds. The number of amides is 1. The van der Waals surface area contributed by atoms with E-state index < -0.39 is 23.3 Å². The number of rotatable bonds is 2. The van der Waals surface area contributed by atoms with Gasteiger partial charge in [0.25, 0.3) is 5.91 Å². The lowest BCUT2D eigenvalue weighted by Crippen LogP contribution is -2.18. The highest BCUT2D eigenvalue weighted by atomic mass is 32.1. The molecule has 2 aromatic heterocycles. The van der Waals surface area contributed by atoms with Gasteiger partial charge >= 0.3 is 6.18 Å². The van der Waals surface area contributed by atoms with Crippen molar-refractivity contribution in [3.05, 3.63) is 28.8 Å². The second-order valence-corrected chi connectivity index (χ2v) is 4.48. The van der Waals surface area contributed by atoms with Crippen LogP contribution in [-0.2, 0) is 13.2 Å². The van der Waals surface area contributed by atoms with Crippen LogP contribution in [0.15, 0.2) is 17.5 Å². The van der Waals surface area contributed by atoms with Gasteiger partial charge in [-0.3, -0.25) is 9.48 Å². The van der Waals surface area contributed by atoms with E-state index >= 15 is 0 Å². The van der Waals surface area contributed by atoms with Gasteiger partial charge in [-0.25, -0.2) is 0 Å². The second-order valence-electron chi connectivity index (χ2n) is 3.54. The first-order chi connectivity index (χ1) is 8.32. The van der Waals surface area contributed by atoms with E-state index in [0.29, 0.717) is 4.88 Å². The summed E-state index contributed by atoms with van der Waals surface area (Å²) in [6.07, 6.45) is -4.71. The predicted molar refractivity (Wildman–Crippen MR) is 60.0 cm³/mol. The molecule has 2 N–H and O–H groups in total. The van der Waals surface area contributed by atoms with Crippen LogP contribution in [0.2, 0.25) is 0 Å². The van der Waals surface area contributed by atoms with E-state index in [-0.39, 0.29) is 5.69 Å². The summed E-state index contributed by atoms with van der Waals surface area (Å²) in [6.45, 7) is 0. The van der Waals surface area contributed by atoms with Gasteiger partial charge in [-0.05, 0) is 11.4 Å². The SMILES string of the molecule is Cn1nc(C(F)(F)F)c(C(N)=O)c1-c1cccs1. The molecule has 0 aliphatic heterocycles. The molecular weight excluding hydrogens is 267 g/mol. The van der Waals surface area contributed by atoms with Crippen LogP contribution >= 0.6 is 11.3 Å². The molecule has 0 aliphatic rings. The number of alkyl halides is 3. The lowest BCUT2D eigenvalue weighted by molar-refractivity contribution is -0.141. The molecule has 0 saturated heterocycles. The predicted octanol–water partition coefficient (Wildman–Crippen LogP) is 2.27. The van der Waals surface area contributed by atoms with Crippen LogP contribution in [0.1, 0.15) is 16.1 Å². The lowest BCUT2D eigenvalue weighted by atomic mass is 10.1. The Hall–Kier alpha value is -1.83. The molecule has 18 heavy (non-hydrogen) atoms. The number of halogens is 3. The van der Waals surface area contributed by atoms with Crippen LogP contribution in [0.25, 0.3) is 10.6 Å². The average molecular weight is 275 g/mol. The Bertz CT molecular complexity index is 586. The van der Waals surface area contributed by atoms with Gasteiger partial charge in [-0.2, -0.15) is 18.3 Å². The number of aryl methyl sites for hydroxylation is 1. The summed E-state index contributed by atoms with van der Waals surface area (Å²) >= 11 is 1.21. The summed E-state index contributed by atoms with van der Waals surface area (Å²) in [7, 11) is 1.34. The summed E-state index contributed by atoms with van der Waals surface area (Å²) in [5.74, 6) is -1.14. The Kier molecular flexibility index (Phi) is 2.89. The normalized spacial score (nSPS) is 11.8. The molecule has 0 bridgehead atoms. The highest BCUT2D eigenvalue weighted by Gasteiger charge is 2.41. The van der Waals surface area contributed by atoms with Gasteiger partial charge in [0, 0.05) is 7.05 Å². The maximum absolute atomic E-state index is 12.8. The number of nitrogens with two attached hydrogens (primary N) is 1. The third-order valence-electron chi connectivity index (χ3n) is 2.32. The van der Waals surface area contributed by atoms with E-state index in [9.17, 15) is 18.0 Å². The molecule has 96 valence electrons. The summed E-state index contributed by atoms with van der Waals surface area (Å²) in [6, 6.07) is 3.28. The van der Waals surface area contributed by atoms with Gasteiger partial charge < -0.3 is 5.73 Å². The third kappa shape index (κ3) is 1.99. The highest BCUT2D eigenvalue weighted by molar-refractivity contribution is 7.13. The number of carbonyl (C=O) groups excluding carboxylic acids is 1. The molecule has 2 aromatic rings. The minimum atomic E-state index is -4.71. The molecular formula is C10H8F3N3OS. The van der Waals surface area contributed by atoms with E-state index in [1.807, 2.05) is 0 Å². The lowest BCUT2D eigenvalue weighted by Gasteiger charge is -2.04. The van der Waals surface area contributed by atoms with Crippen molar-refractivity contribution in [3.63, 3.8) is 0 Å². The van der Waals surface area contributed by atoms with Crippen molar-refractivity contribution < 1.29 is 18.0 Å². The number of hydrogen-bond donors (Lipinski definition) is 1. The number of primary amides is 1. The standard InChI is InChI=1S/C10H8F3N3OS/c1-16-7(5-3-2-4-18-5)6(9(14)17)8(15-16)10(11,12)13/h2-4H,1H3,(H2,14,17). The minimum Gasteiger partial charge on any atom is -0.365 e. The van der Waals surface area contributed by atoms with Crippen molar-refractivity contribution in [3.8, 4) is 10.6 Å². The highest BCUT2D eigenvalue weighted by Crippen LogP contribution is 2.37. The zero-order valence-corrected chi connectivity index (χ0v) is 9.97. The van der Waals surface area contributed by atoms with Crippen LogP contribution in [0.5, 0.6) is 0 Å². The monoisotopic (exact) mass is 275 g/mol. The Morgan fingerprint density at radius 3 is 2.61 bits per heavy atom. The largest absolute Gasteiger partial charge is 0.435 e. The van der Waals surface area contributed by atoms with E-state index in [2.05, 4.69) is 5.10 Å². The number of thiophene rings is 1. The molecule has 0 aromatic carbocycles. The van der Waals surface area contributed by atoms with Gasteiger partial charge in [-0.1, -0.05) is 6.07 Å². The second kappa shape index (κ2) is 4.13. The fraction of sp³-hybridized carbons (Fsp3) is 0.200. The van der Waals surface area contributed by atoms with Crippen molar-refractivity contribution in [2.75, 3.05) is 0 Å². The van der Waals surface area contributed by atoms with Crippen molar-refractivity contribution in [1.82, 2.24) is 9.78 Å². The number of aromatic nitrogens is 2. The quantitative estimate of drug-likeness (QED) is 0.913. The fourth-order valence-corrected chi connectivity index (χ4v) is 2.46. The fourth-order valence-electron chi connectivity index (χ4n) is 1.65. The molecule has 0 saturated carbocycles. The molecule has 2 rings (SSSR count). The third-order valence-corrected chi connectivity index (χ3v) is 3.19. The van der Waals surface area contributed by atoms with Crippen LogP contribution in [-0.4, -0.2) is 15.7 Å². The topological polar surface area (TPSA) is 60.9 Å². The maximum Gasteiger partial charge on any atom is 0.435 e. The van der Waals surface area contributed by atoms with Crippen LogP contribution in [0, 0.1) is 0 Å². The molecule has 2 heterocycles. The zero-order valence-electron chi connectivity index (χ0n) is 9.15. The number of carbonyl (C=O) groups is 1. The molecule has 0 aliphatic carbocycles. The average Bonchev–Trinajstić information content (AvgIpc) is 2.81. The summed E-state index contributed by atoms with van der Waals surface area (Å²) in [4.78, 5) is 11.8. The molecule has 8 heteroatoms. The molecule has 0 unspecified atom stereocenters. The molecule has 4 nitrogen and oxygen atoms in total. The van der Waals surface area contributed by atoms with Crippen LogP contribution in [0.4, 0.5) is 13.2 Å². The van der Waals surface area contributed by atoms with Crippen molar-refractivity contribution in [1.29, 1.82) is 0 Å². The van der Waals surface area contributed by atoms with Crippen molar-refractivity contribution in [2.45, 2.75) is 6.18 Å². The Morgan fingerprint density at radius 1 is 1.50 bits per heavy atom. The Morgan fingerprint density at radius 2 is 2.17 bits per heavy atom. The molecule has 0 radical (unpaired) electrons. The first-order valence-corrected chi connectivity index (χ1v) is 5.68. The smallest absolute Gasteiger partial charge is 0.365 e. The Balaban J connectivity index is 2.75. The number of nitrogens with zero attached hydrogens (tertiary/aromatic N) is 2. The maximum atomic E-state index is 12.8. The first-order valence-electron chi connectivity index (χ1n) is 4.80. The summed E-state index contributed by atoms with van der Waals surface area (Å²) in [5.41, 5.74) is 3.29. The van der Waals surface area contributed by atoms with Gasteiger partial charge in [0.15, 0.2) is 5.69 Å². The van der Waals surface area contributed by atoms with E-state index in [0.717, 1.165) is 4.68 Å². The van der Waals surface area contributed by atoms with Gasteiger partial charge in [0.05, 0.1) is 16.1 Å². The van der Waals surface area contributed by atoms with Gasteiger partial charge in [0.1, 0.15) is 0 Å². The Labute approximate surface area is 104 Å². The number of hydrogen-bond acceptors (Lipinski definition) is 3. The van der Waals surface area contributed by atoms with E-state index in [1.165, 1.54) is 18.4 Å². The van der Waals surface area contributed by atoms with Crippen molar-refractivity contribution >= 4 is 17.2 Å². The zero-order chi connectivity index (χ0) is 13.5. The minimum absolute atomic E-state index is 0.0878. The van der Waals surface area contributed by atoms with Gasteiger partial charge in [0.2, 0.25) is 0 Å². The van der Waals surface area contributed by atoms with E-state index in [4.69, 9.17) is 5.73 Å². The molecule has 0 spiro atoms. The summed E-state index contributed by atoms with van der Waals surface area (Å²) < 4.78 is 39.3. The van der Waals surface area contributed by atoms with E-state index in [1.54, 1.807) is 17.5 Å². The van der Waals surface area contributed by atoms with Crippen molar-refractivity contribution in [2.24, 2.45) is 12.8 Å². The van der Waals surface area contributed by atoms with Crippen LogP contribution in [0.3, 0.4) is 0 Å². The van der Waals surface area contributed by atoms with Gasteiger partial charge in [-0.15, -0.1) is 11.3 Å². The first kappa shape index (κ1) is 12.6. The molecule has 0 atom stereocenters. The summed E-state index contributed by atoms with van der Waals surface area (Å²) in [5, 5.41) is 5.05. The molecule has 0 fully saturated rings.